The van der Waals surface area contributed by atoms with Crippen molar-refractivity contribution < 1.29 is 30.8 Å². The van der Waals surface area contributed by atoms with Crippen LogP contribution in [0.1, 0.15) is 28.7 Å². The molecule has 12 heteroatoms. The van der Waals surface area contributed by atoms with Gasteiger partial charge in [0.2, 0.25) is 10.0 Å². The number of benzene rings is 1. The maximum atomic E-state index is 13.4. The Bertz CT molecular complexity index is 1100. The maximum absolute atomic E-state index is 13.4. The Morgan fingerprint density at radius 2 is 1.90 bits per heavy atom. The molecule has 2 N–H and O–H groups in total. The largest absolute Gasteiger partial charge is 0.404 e. The number of hydrogen-bond donors (Lipinski definition) is 2. The molecule has 0 aliphatic rings. The molecule has 1 aromatic carbocycles. The molecule has 0 fully saturated rings. The second-order valence-corrected chi connectivity index (χ2v) is 7.87. The smallest absolute Gasteiger partial charge is 0.343 e. The van der Waals surface area contributed by atoms with E-state index in [2.05, 4.69) is 5.32 Å². The third-order valence-electron chi connectivity index (χ3n) is 4.18. The zero-order chi connectivity index (χ0) is 22.1. The summed E-state index contributed by atoms with van der Waals surface area (Å²) in [6.45, 7) is 1.99. The van der Waals surface area contributed by atoms with Crippen LogP contribution in [0, 0.1) is 24.1 Å². The van der Waals surface area contributed by atoms with Crippen molar-refractivity contribution in [2.45, 2.75) is 31.0 Å². The number of halogens is 4. The van der Waals surface area contributed by atoms with Crippen LogP contribution in [0.4, 0.5) is 23.2 Å². The van der Waals surface area contributed by atoms with Gasteiger partial charge in [-0.1, -0.05) is 0 Å². The van der Waals surface area contributed by atoms with Gasteiger partial charge in [0, 0.05) is 18.4 Å². The van der Waals surface area contributed by atoms with Crippen molar-refractivity contribution in [1.29, 1.82) is 5.26 Å². The predicted molar refractivity (Wildman–Crippen MR) is 95.1 cm³/mol. The quantitative estimate of drug-likeness (QED) is 0.709. The van der Waals surface area contributed by atoms with E-state index in [1.54, 1.807) is 6.07 Å². The van der Waals surface area contributed by atoms with E-state index in [-0.39, 0.29) is 22.6 Å². The third-order valence-corrected chi connectivity index (χ3v) is 5.83. The van der Waals surface area contributed by atoms with Gasteiger partial charge in [-0.25, -0.2) is 12.8 Å². The van der Waals surface area contributed by atoms with Gasteiger partial charge in [-0.2, -0.15) is 23.2 Å². The van der Waals surface area contributed by atoms with Crippen LogP contribution in [0.25, 0.3) is 0 Å². The Hall–Kier alpha value is -2.91. The molecule has 1 aromatic heterocycles. The third kappa shape index (κ3) is 4.75. The summed E-state index contributed by atoms with van der Waals surface area (Å²) in [5.74, 6) is -1.57. The van der Waals surface area contributed by atoms with Crippen molar-refractivity contribution in [3.8, 4) is 6.07 Å². The second kappa shape index (κ2) is 7.84. The van der Waals surface area contributed by atoms with Gasteiger partial charge in [0.05, 0.1) is 5.56 Å². The summed E-state index contributed by atoms with van der Waals surface area (Å²) in [5, 5.41) is 11.2. The van der Waals surface area contributed by atoms with Gasteiger partial charge in [-0.15, -0.1) is 0 Å². The Balaban J connectivity index is 2.35. The van der Waals surface area contributed by atoms with Crippen molar-refractivity contribution >= 4 is 21.6 Å². The van der Waals surface area contributed by atoms with Crippen LogP contribution in [-0.2, 0) is 17.1 Å². The Morgan fingerprint density at radius 1 is 1.28 bits per heavy atom. The number of nitriles is 1. The summed E-state index contributed by atoms with van der Waals surface area (Å²) in [4.78, 5) is 12.0. The molecule has 0 aliphatic carbocycles. The topological polar surface area (TPSA) is 104 Å². The fraction of sp³-hybridized carbons (Fsp3) is 0.294. The van der Waals surface area contributed by atoms with Crippen LogP contribution < -0.4 is 10.0 Å². The summed E-state index contributed by atoms with van der Waals surface area (Å²) in [6.07, 6.45) is -4.78. The van der Waals surface area contributed by atoms with E-state index in [4.69, 9.17) is 5.26 Å². The number of anilines is 1. The van der Waals surface area contributed by atoms with E-state index in [0.717, 1.165) is 18.2 Å². The molecule has 0 saturated heterocycles. The molecule has 156 valence electrons. The number of carbonyl (C=O) groups is 1. The number of amides is 1. The molecule has 0 bridgehead atoms. The highest BCUT2D eigenvalue weighted by molar-refractivity contribution is 7.89. The molecular weight excluding hydrogens is 416 g/mol. The van der Waals surface area contributed by atoms with Gasteiger partial charge in [-0.3, -0.25) is 4.79 Å². The summed E-state index contributed by atoms with van der Waals surface area (Å²) in [5.41, 5.74) is -0.348. The highest BCUT2D eigenvalue weighted by atomic mass is 32.2. The van der Waals surface area contributed by atoms with Gasteiger partial charge in [-0.05, 0) is 38.1 Å². The standard InChI is InChI=1S/C17H16F4N4O3S/c1-9-15(29(27,28)24-10(2)17(19,20)21)7-14(25(9)3)16(26)23-12-4-5-13(18)11(6-12)8-22/h4-7,10,24H,1-3H3,(H,23,26)/t10-/m1/s1. The highest BCUT2D eigenvalue weighted by Gasteiger charge is 2.39. The van der Waals surface area contributed by atoms with Gasteiger partial charge in [0.15, 0.2) is 0 Å². The van der Waals surface area contributed by atoms with Crippen LogP contribution in [-0.4, -0.2) is 31.1 Å². The molecule has 1 heterocycles. The molecule has 1 atom stereocenters. The van der Waals surface area contributed by atoms with E-state index >= 15 is 0 Å². The Morgan fingerprint density at radius 3 is 2.45 bits per heavy atom. The number of alkyl halides is 3. The van der Waals surface area contributed by atoms with Crippen LogP contribution in [0.5, 0.6) is 0 Å². The van der Waals surface area contributed by atoms with E-state index in [0.29, 0.717) is 6.92 Å². The summed E-state index contributed by atoms with van der Waals surface area (Å²) in [7, 11) is -3.20. The number of aromatic nitrogens is 1. The lowest BCUT2D eigenvalue weighted by Crippen LogP contribution is -2.43. The Labute approximate surface area is 164 Å². The van der Waals surface area contributed by atoms with Crippen LogP contribution >= 0.6 is 0 Å². The first-order valence-electron chi connectivity index (χ1n) is 8.04. The van der Waals surface area contributed by atoms with E-state index < -0.39 is 38.9 Å². The molecule has 1 amide bonds. The average Bonchev–Trinajstić information content (AvgIpc) is 2.91. The van der Waals surface area contributed by atoms with Crippen LogP contribution in [0.2, 0.25) is 0 Å². The summed E-state index contributed by atoms with van der Waals surface area (Å²) in [6, 6.07) is 3.49. The average molecular weight is 432 g/mol. The minimum atomic E-state index is -4.78. The Kier molecular flexibility index (Phi) is 6.05. The maximum Gasteiger partial charge on any atom is 0.404 e. The summed E-state index contributed by atoms with van der Waals surface area (Å²) < 4.78 is 78.9. The minimum Gasteiger partial charge on any atom is -0.343 e. The first-order valence-corrected chi connectivity index (χ1v) is 9.52. The zero-order valence-electron chi connectivity index (χ0n) is 15.4. The molecule has 0 unspecified atom stereocenters. The van der Waals surface area contributed by atoms with Crippen molar-refractivity contribution in [1.82, 2.24) is 9.29 Å². The van der Waals surface area contributed by atoms with E-state index in [1.807, 2.05) is 0 Å². The molecular formula is C17H16F4N4O3S. The molecule has 0 spiro atoms. The molecule has 7 nitrogen and oxygen atoms in total. The van der Waals surface area contributed by atoms with Gasteiger partial charge < -0.3 is 9.88 Å². The molecule has 29 heavy (non-hydrogen) atoms. The second-order valence-electron chi connectivity index (χ2n) is 6.18. The van der Waals surface area contributed by atoms with Crippen LogP contribution in [0.15, 0.2) is 29.2 Å². The van der Waals surface area contributed by atoms with Crippen molar-refractivity contribution in [2.75, 3.05) is 5.32 Å². The fourth-order valence-electron chi connectivity index (χ4n) is 2.41. The van der Waals surface area contributed by atoms with Gasteiger partial charge >= 0.3 is 6.18 Å². The van der Waals surface area contributed by atoms with Crippen molar-refractivity contribution in [3.63, 3.8) is 0 Å². The van der Waals surface area contributed by atoms with E-state index in [1.165, 1.54) is 29.3 Å². The van der Waals surface area contributed by atoms with Crippen LogP contribution in [0.3, 0.4) is 0 Å². The lowest BCUT2D eigenvalue weighted by atomic mass is 10.2. The number of hydrogen-bond acceptors (Lipinski definition) is 4. The zero-order valence-corrected chi connectivity index (χ0v) is 16.2. The minimum absolute atomic E-state index is 0.0360. The molecule has 2 aromatic rings. The van der Waals surface area contributed by atoms with Crippen molar-refractivity contribution in [2.24, 2.45) is 7.05 Å². The normalized spacial score (nSPS) is 13.0. The number of nitrogens with zero attached hydrogens (tertiary/aromatic N) is 2. The fourth-order valence-corrected chi connectivity index (χ4v) is 3.93. The highest BCUT2D eigenvalue weighted by Crippen LogP contribution is 2.25. The van der Waals surface area contributed by atoms with Gasteiger partial charge in [0.25, 0.3) is 5.91 Å². The molecule has 0 saturated carbocycles. The van der Waals surface area contributed by atoms with Crippen molar-refractivity contribution in [3.05, 3.63) is 47.0 Å². The molecule has 0 radical (unpaired) electrons. The monoisotopic (exact) mass is 432 g/mol. The number of rotatable bonds is 5. The lowest BCUT2D eigenvalue weighted by Gasteiger charge is -2.17. The first-order chi connectivity index (χ1) is 13.3. The summed E-state index contributed by atoms with van der Waals surface area (Å²) >= 11 is 0. The number of carbonyl (C=O) groups excluding carboxylic acids is 1. The van der Waals surface area contributed by atoms with E-state index in [9.17, 15) is 30.8 Å². The molecule has 0 aliphatic heterocycles. The first kappa shape index (κ1) is 22.4. The number of sulfonamides is 1. The van der Waals surface area contributed by atoms with Gasteiger partial charge in [0.1, 0.15) is 28.5 Å². The SMILES string of the molecule is Cc1c(S(=O)(=O)N[C@H](C)C(F)(F)F)cc(C(=O)Nc2ccc(F)c(C#N)c2)n1C. The molecule has 2 rings (SSSR count). The predicted octanol–water partition coefficient (Wildman–Crippen LogP) is 2.83. The lowest BCUT2D eigenvalue weighted by molar-refractivity contribution is -0.147. The number of nitrogens with one attached hydrogen (secondary N) is 2.